The summed E-state index contributed by atoms with van der Waals surface area (Å²) in [7, 11) is 0. The highest BCUT2D eigenvalue weighted by atomic mass is 35.5. The number of hydrogen-bond acceptors (Lipinski definition) is 4. The Kier molecular flexibility index (Phi) is 4.06. The molecule has 1 unspecified atom stereocenters. The Morgan fingerprint density at radius 1 is 1.56 bits per heavy atom. The van der Waals surface area contributed by atoms with E-state index in [1.807, 2.05) is 0 Å². The molecule has 2 rings (SSSR count). The quantitative estimate of drug-likeness (QED) is 0.838. The number of carbonyl (C=O) groups excluding carboxylic acids is 1. The van der Waals surface area contributed by atoms with E-state index in [-0.39, 0.29) is 29.9 Å². The number of aliphatic hydroxyl groups is 1. The van der Waals surface area contributed by atoms with E-state index in [1.165, 1.54) is 18.2 Å². The lowest BCUT2D eigenvalue weighted by molar-refractivity contribution is -0.0447. The van der Waals surface area contributed by atoms with E-state index in [4.69, 9.17) is 21.4 Å². The van der Waals surface area contributed by atoms with Gasteiger partial charge in [0.25, 0.3) is 5.91 Å². The third-order valence-corrected chi connectivity index (χ3v) is 3.14. The lowest BCUT2D eigenvalue weighted by Gasteiger charge is -2.32. The molecule has 1 aromatic rings. The first-order valence-electron chi connectivity index (χ1n) is 5.62. The van der Waals surface area contributed by atoms with Crippen LogP contribution in [0, 0.1) is 0 Å². The minimum Gasteiger partial charge on any atom is -0.508 e. The summed E-state index contributed by atoms with van der Waals surface area (Å²) in [6.45, 7) is 1.02. The molecule has 0 spiro atoms. The van der Waals surface area contributed by atoms with E-state index < -0.39 is 0 Å². The molecule has 1 aliphatic heterocycles. The van der Waals surface area contributed by atoms with E-state index in [0.29, 0.717) is 24.7 Å². The number of carbonyl (C=O) groups is 1. The summed E-state index contributed by atoms with van der Waals surface area (Å²) >= 11 is 5.94. The van der Waals surface area contributed by atoms with Crippen LogP contribution in [0.1, 0.15) is 10.4 Å². The van der Waals surface area contributed by atoms with Gasteiger partial charge in [-0.1, -0.05) is 11.6 Å². The summed E-state index contributed by atoms with van der Waals surface area (Å²) in [5.74, 6) is -0.271. The first-order chi connectivity index (χ1) is 8.61. The van der Waals surface area contributed by atoms with E-state index in [0.717, 1.165) is 0 Å². The van der Waals surface area contributed by atoms with Crippen LogP contribution < -0.4 is 0 Å². The van der Waals surface area contributed by atoms with Crippen molar-refractivity contribution in [3.63, 3.8) is 0 Å². The van der Waals surface area contributed by atoms with Gasteiger partial charge in [0, 0.05) is 13.1 Å². The van der Waals surface area contributed by atoms with Crippen molar-refractivity contribution in [2.45, 2.75) is 6.10 Å². The third-order valence-electron chi connectivity index (χ3n) is 2.81. The van der Waals surface area contributed by atoms with Gasteiger partial charge < -0.3 is 19.8 Å². The molecule has 1 aliphatic rings. The van der Waals surface area contributed by atoms with Crippen molar-refractivity contribution in [1.29, 1.82) is 0 Å². The van der Waals surface area contributed by atoms with Crippen LogP contribution >= 0.6 is 11.6 Å². The zero-order valence-electron chi connectivity index (χ0n) is 9.67. The first kappa shape index (κ1) is 13.1. The molecule has 1 atom stereocenters. The van der Waals surface area contributed by atoms with Crippen LogP contribution in [0.2, 0.25) is 5.02 Å². The van der Waals surface area contributed by atoms with Gasteiger partial charge in [-0.2, -0.15) is 0 Å². The number of phenolic OH excluding ortho intramolecular Hbond substituents is 1. The number of nitrogens with zero attached hydrogens (tertiary/aromatic N) is 1. The molecule has 6 heteroatoms. The molecule has 18 heavy (non-hydrogen) atoms. The molecular formula is C12H14ClNO4. The molecule has 0 saturated carbocycles. The lowest BCUT2D eigenvalue weighted by Crippen LogP contribution is -2.46. The Morgan fingerprint density at radius 3 is 3.06 bits per heavy atom. The molecule has 98 valence electrons. The smallest absolute Gasteiger partial charge is 0.255 e. The Hall–Kier alpha value is -1.30. The number of aliphatic hydroxyl groups excluding tert-OH is 1. The number of amides is 1. The van der Waals surface area contributed by atoms with Gasteiger partial charge >= 0.3 is 0 Å². The van der Waals surface area contributed by atoms with Crippen molar-refractivity contribution < 1.29 is 19.7 Å². The highest BCUT2D eigenvalue weighted by molar-refractivity contribution is 6.33. The average Bonchev–Trinajstić information content (AvgIpc) is 2.41. The fourth-order valence-electron chi connectivity index (χ4n) is 1.86. The van der Waals surface area contributed by atoms with Crippen molar-refractivity contribution in [2.24, 2.45) is 0 Å². The minimum atomic E-state index is -0.362. The normalized spacial score (nSPS) is 19.9. The van der Waals surface area contributed by atoms with Crippen molar-refractivity contribution in [1.82, 2.24) is 4.90 Å². The number of rotatable bonds is 2. The van der Waals surface area contributed by atoms with Crippen LogP contribution in [-0.2, 0) is 4.74 Å². The summed E-state index contributed by atoms with van der Waals surface area (Å²) in [4.78, 5) is 13.8. The Labute approximate surface area is 110 Å². The standard InChI is InChI=1S/C12H14ClNO4/c13-11-2-1-8(16)5-10(11)12(17)14-3-4-18-9(6-14)7-15/h1-2,5,9,15-16H,3-4,6-7H2. The van der Waals surface area contributed by atoms with Gasteiger partial charge in [-0.05, 0) is 18.2 Å². The summed E-state index contributed by atoms with van der Waals surface area (Å²) in [5, 5.41) is 18.7. The predicted octanol–water partition coefficient (Wildman–Crippen LogP) is 0.879. The summed E-state index contributed by atoms with van der Waals surface area (Å²) in [6.07, 6.45) is -0.362. The molecule has 1 amide bonds. The molecule has 5 nitrogen and oxygen atoms in total. The van der Waals surface area contributed by atoms with Gasteiger partial charge in [0.1, 0.15) is 5.75 Å². The zero-order valence-corrected chi connectivity index (χ0v) is 10.4. The highest BCUT2D eigenvalue weighted by Crippen LogP contribution is 2.23. The van der Waals surface area contributed by atoms with E-state index in [1.54, 1.807) is 4.90 Å². The number of hydrogen-bond donors (Lipinski definition) is 2. The van der Waals surface area contributed by atoms with Crippen molar-refractivity contribution >= 4 is 17.5 Å². The fraction of sp³-hybridized carbons (Fsp3) is 0.417. The number of ether oxygens (including phenoxy) is 1. The van der Waals surface area contributed by atoms with Gasteiger partial charge in [0.15, 0.2) is 0 Å². The van der Waals surface area contributed by atoms with Crippen LogP contribution in [0.5, 0.6) is 5.75 Å². The van der Waals surface area contributed by atoms with Gasteiger partial charge in [-0.25, -0.2) is 0 Å². The number of phenols is 1. The summed E-state index contributed by atoms with van der Waals surface area (Å²) < 4.78 is 5.27. The molecule has 0 radical (unpaired) electrons. The van der Waals surface area contributed by atoms with Crippen LogP contribution in [0.4, 0.5) is 0 Å². The molecule has 0 bridgehead atoms. The molecule has 1 heterocycles. The second-order valence-corrected chi connectivity index (χ2v) is 4.50. The first-order valence-corrected chi connectivity index (χ1v) is 6.00. The summed E-state index contributed by atoms with van der Waals surface area (Å²) in [5.41, 5.74) is 0.259. The zero-order chi connectivity index (χ0) is 13.1. The van der Waals surface area contributed by atoms with E-state index in [2.05, 4.69) is 0 Å². The van der Waals surface area contributed by atoms with Crippen LogP contribution in [0.15, 0.2) is 18.2 Å². The Balaban J connectivity index is 2.17. The maximum Gasteiger partial charge on any atom is 0.255 e. The maximum atomic E-state index is 12.2. The average molecular weight is 272 g/mol. The SMILES string of the molecule is O=C(c1cc(O)ccc1Cl)N1CCOC(CO)C1. The predicted molar refractivity (Wildman–Crippen MR) is 65.8 cm³/mol. The number of benzene rings is 1. The van der Waals surface area contributed by atoms with Gasteiger partial charge in [-0.15, -0.1) is 0 Å². The number of morpholine rings is 1. The third kappa shape index (κ3) is 2.75. The highest BCUT2D eigenvalue weighted by Gasteiger charge is 2.25. The molecule has 1 saturated heterocycles. The maximum absolute atomic E-state index is 12.2. The van der Waals surface area contributed by atoms with Crippen molar-refractivity contribution in [3.05, 3.63) is 28.8 Å². The molecule has 0 aromatic heterocycles. The minimum absolute atomic E-state index is 0.00489. The molecule has 1 fully saturated rings. The lowest BCUT2D eigenvalue weighted by atomic mass is 10.1. The Bertz CT molecular complexity index is 452. The molecule has 2 N–H and O–H groups in total. The second kappa shape index (κ2) is 5.56. The molecular weight excluding hydrogens is 258 g/mol. The fourth-order valence-corrected chi connectivity index (χ4v) is 2.06. The van der Waals surface area contributed by atoms with Crippen molar-refractivity contribution in [3.8, 4) is 5.75 Å². The number of aromatic hydroxyl groups is 1. The van der Waals surface area contributed by atoms with Gasteiger partial charge in [0.05, 0.1) is 29.9 Å². The second-order valence-electron chi connectivity index (χ2n) is 4.09. The van der Waals surface area contributed by atoms with Gasteiger partial charge in [-0.3, -0.25) is 4.79 Å². The van der Waals surface area contributed by atoms with Crippen LogP contribution in [0.3, 0.4) is 0 Å². The monoisotopic (exact) mass is 271 g/mol. The Morgan fingerprint density at radius 2 is 2.33 bits per heavy atom. The molecule has 0 aliphatic carbocycles. The van der Waals surface area contributed by atoms with Crippen LogP contribution in [0.25, 0.3) is 0 Å². The molecule has 1 aromatic carbocycles. The van der Waals surface area contributed by atoms with Crippen LogP contribution in [-0.4, -0.2) is 53.4 Å². The van der Waals surface area contributed by atoms with Gasteiger partial charge in [0.2, 0.25) is 0 Å². The topological polar surface area (TPSA) is 70.0 Å². The summed E-state index contributed by atoms with van der Waals surface area (Å²) in [6, 6.07) is 4.25. The largest absolute Gasteiger partial charge is 0.508 e. The van der Waals surface area contributed by atoms with E-state index >= 15 is 0 Å². The van der Waals surface area contributed by atoms with E-state index in [9.17, 15) is 9.90 Å². The van der Waals surface area contributed by atoms with Crippen molar-refractivity contribution in [2.75, 3.05) is 26.3 Å². The number of halogens is 1.